The molecule has 0 aliphatic heterocycles. The van der Waals surface area contributed by atoms with Crippen LogP contribution in [0.3, 0.4) is 0 Å². The minimum Gasteiger partial charge on any atom is -0.473 e. The number of benzene rings is 1. The van der Waals surface area contributed by atoms with Crippen molar-refractivity contribution in [3.05, 3.63) is 77.8 Å². The fourth-order valence-corrected chi connectivity index (χ4v) is 2.80. The van der Waals surface area contributed by atoms with E-state index in [1.807, 2.05) is 37.3 Å². The fraction of sp³-hybridized carbons (Fsp3) is 0.143. The summed E-state index contributed by atoms with van der Waals surface area (Å²) >= 11 is 0. The molecule has 0 spiro atoms. The largest absolute Gasteiger partial charge is 0.473 e. The lowest BCUT2D eigenvalue weighted by atomic mass is 10.1. The SMILES string of the molecule is Cc1onc(-c2ccccc2)c1COc1ccc(C(=O)Nc2ccn(C)n2)cn1. The normalized spacial score (nSPS) is 10.7. The highest BCUT2D eigenvalue weighted by Gasteiger charge is 2.16. The van der Waals surface area contributed by atoms with E-state index in [1.54, 1.807) is 36.1 Å². The van der Waals surface area contributed by atoms with Crippen LogP contribution in [-0.4, -0.2) is 25.8 Å². The third-order valence-corrected chi connectivity index (χ3v) is 4.35. The molecule has 8 nitrogen and oxygen atoms in total. The molecule has 0 radical (unpaired) electrons. The summed E-state index contributed by atoms with van der Waals surface area (Å²) in [7, 11) is 1.78. The van der Waals surface area contributed by atoms with Crippen LogP contribution in [0.1, 0.15) is 21.7 Å². The van der Waals surface area contributed by atoms with Crippen molar-refractivity contribution in [2.24, 2.45) is 7.05 Å². The maximum atomic E-state index is 12.3. The van der Waals surface area contributed by atoms with Crippen LogP contribution in [-0.2, 0) is 13.7 Å². The van der Waals surface area contributed by atoms with E-state index in [-0.39, 0.29) is 12.5 Å². The van der Waals surface area contributed by atoms with Crippen molar-refractivity contribution in [3.8, 4) is 17.1 Å². The van der Waals surface area contributed by atoms with Gasteiger partial charge in [0.1, 0.15) is 18.1 Å². The van der Waals surface area contributed by atoms with E-state index in [2.05, 4.69) is 20.6 Å². The predicted octanol–water partition coefficient (Wildman–Crippen LogP) is 3.61. The van der Waals surface area contributed by atoms with Gasteiger partial charge in [-0.3, -0.25) is 9.48 Å². The van der Waals surface area contributed by atoms with E-state index >= 15 is 0 Å². The van der Waals surface area contributed by atoms with Crippen LogP contribution in [0.4, 0.5) is 5.82 Å². The number of nitrogens with one attached hydrogen (secondary N) is 1. The standard InChI is InChI=1S/C21H19N5O3/c1-14-17(20(25-29-14)15-6-4-3-5-7-15)13-28-19-9-8-16(12-22-19)21(27)23-18-10-11-26(2)24-18/h3-12H,13H2,1-2H3,(H,23,24,27). The number of ether oxygens (including phenoxy) is 1. The summed E-state index contributed by atoms with van der Waals surface area (Å²) in [6, 6.07) is 14.8. The predicted molar refractivity (Wildman–Crippen MR) is 106 cm³/mol. The first-order valence-electron chi connectivity index (χ1n) is 9.00. The molecule has 0 bridgehead atoms. The Bertz CT molecular complexity index is 1120. The van der Waals surface area contributed by atoms with E-state index in [1.165, 1.54) is 6.20 Å². The Kier molecular flexibility index (Phi) is 5.07. The van der Waals surface area contributed by atoms with E-state index < -0.39 is 0 Å². The second-order valence-electron chi connectivity index (χ2n) is 6.43. The van der Waals surface area contributed by atoms with Crippen molar-refractivity contribution in [2.75, 3.05) is 5.32 Å². The Morgan fingerprint density at radius 3 is 2.69 bits per heavy atom. The van der Waals surface area contributed by atoms with Gasteiger partial charge in [0.15, 0.2) is 5.82 Å². The molecule has 0 saturated carbocycles. The van der Waals surface area contributed by atoms with Gasteiger partial charge in [-0.05, 0) is 13.0 Å². The monoisotopic (exact) mass is 389 g/mol. The Morgan fingerprint density at radius 1 is 1.17 bits per heavy atom. The van der Waals surface area contributed by atoms with Gasteiger partial charge >= 0.3 is 0 Å². The van der Waals surface area contributed by atoms with Crippen molar-refractivity contribution in [1.29, 1.82) is 0 Å². The van der Waals surface area contributed by atoms with Crippen LogP contribution in [0.25, 0.3) is 11.3 Å². The molecule has 3 heterocycles. The van der Waals surface area contributed by atoms with Gasteiger partial charge in [-0.1, -0.05) is 35.5 Å². The number of hydrogen-bond acceptors (Lipinski definition) is 6. The fourth-order valence-electron chi connectivity index (χ4n) is 2.80. The maximum absolute atomic E-state index is 12.3. The number of rotatable bonds is 6. The molecule has 0 fully saturated rings. The molecule has 0 saturated heterocycles. The third kappa shape index (κ3) is 4.16. The lowest BCUT2D eigenvalue weighted by Gasteiger charge is -2.07. The maximum Gasteiger partial charge on any atom is 0.258 e. The quantitative estimate of drug-likeness (QED) is 0.541. The van der Waals surface area contributed by atoms with Crippen molar-refractivity contribution < 1.29 is 14.1 Å². The summed E-state index contributed by atoms with van der Waals surface area (Å²) in [5.41, 5.74) is 2.97. The van der Waals surface area contributed by atoms with Crippen LogP contribution in [0, 0.1) is 6.92 Å². The van der Waals surface area contributed by atoms with Crippen molar-refractivity contribution in [2.45, 2.75) is 13.5 Å². The minimum atomic E-state index is -0.288. The van der Waals surface area contributed by atoms with E-state index in [0.717, 1.165) is 16.8 Å². The van der Waals surface area contributed by atoms with Crippen LogP contribution < -0.4 is 10.1 Å². The van der Waals surface area contributed by atoms with Gasteiger partial charge in [-0.25, -0.2) is 4.98 Å². The average molecular weight is 389 g/mol. The summed E-state index contributed by atoms with van der Waals surface area (Å²) < 4.78 is 12.7. The van der Waals surface area contributed by atoms with Crippen molar-refractivity contribution >= 4 is 11.7 Å². The highest BCUT2D eigenvalue weighted by molar-refractivity contribution is 6.03. The Labute approximate surface area is 167 Å². The van der Waals surface area contributed by atoms with Gasteiger partial charge in [0.25, 0.3) is 5.91 Å². The number of carbonyl (C=O) groups is 1. The number of nitrogens with zero attached hydrogens (tertiary/aromatic N) is 4. The molecule has 1 amide bonds. The summed E-state index contributed by atoms with van der Waals surface area (Å²) in [5.74, 6) is 1.28. The zero-order chi connectivity index (χ0) is 20.2. The van der Waals surface area contributed by atoms with Gasteiger partial charge in [0.2, 0.25) is 5.88 Å². The first kappa shape index (κ1) is 18.4. The molecular formula is C21H19N5O3. The molecule has 4 aromatic rings. The lowest BCUT2D eigenvalue weighted by molar-refractivity contribution is 0.102. The molecule has 4 rings (SSSR count). The van der Waals surface area contributed by atoms with E-state index in [4.69, 9.17) is 9.26 Å². The van der Waals surface area contributed by atoms with Crippen LogP contribution in [0.2, 0.25) is 0 Å². The summed E-state index contributed by atoms with van der Waals surface area (Å²) in [6.45, 7) is 2.10. The molecule has 3 aromatic heterocycles. The van der Waals surface area contributed by atoms with Gasteiger partial charge in [0, 0.05) is 37.1 Å². The van der Waals surface area contributed by atoms with Crippen LogP contribution >= 0.6 is 0 Å². The number of pyridine rings is 1. The number of hydrogen-bond donors (Lipinski definition) is 1. The first-order valence-corrected chi connectivity index (χ1v) is 9.00. The summed E-state index contributed by atoms with van der Waals surface area (Å²) in [4.78, 5) is 16.5. The third-order valence-electron chi connectivity index (χ3n) is 4.35. The Morgan fingerprint density at radius 2 is 2.00 bits per heavy atom. The lowest BCUT2D eigenvalue weighted by Crippen LogP contribution is -2.13. The Hall–Kier alpha value is -3.94. The number of carbonyl (C=O) groups excluding carboxylic acids is 1. The molecule has 146 valence electrons. The van der Waals surface area contributed by atoms with Crippen LogP contribution in [0.15, 0.2) is 65.4 Å². The molecular weight excluding hydrogens is 370 g/mol. The molecule has 1 N–H and O–H groups in total. The summed E-state index contributed by atoms with van der Waals surface area (Å²) in [5, 5.41) is 11.0. The highest BCUT2D eigenvalue weighted by atomic mass is 16.5. The Balaban J connectivity index is 1.42. The average Bonchev–Trinajstić information content (AvgIpc) is 3.32. The molecule has 0 aliphatic carbocycles. The molecule has 0 atom stereocenters. The zero-order valence-corrected chi connectivity index (χ0v) is 16.0. The molecule has 1 aromatic carbocycles. The van der Waals surface area contributed by atoms with Crippen molar-refractivity contribution in [3.63, 3.8) is 0 Å². The second kappa shape index (κ2) is 7.97. The smallest absolute Gasteiger partial charge is 0.258 e. The molecule has 29 heavy (non-hydrogen) atoms. The number of anilines is 1. The number of amides is 1. The second-order valence-corrected chi connectivity index (χ2v) is 6.43. The number of aryl methyl sites for hydroxylation is 2. The van der Waals surface area contributed by atoms with Crippen molar-refractivity contribution in [1.82, 2.24) is 19.9 Å². The molecule has 8 heteroatoms. The molecule has 0 aliphatic rings. The highest BCUT2D eigenvalue weighted by Crippen LogP contribution is 2.26. The van der Waals surface area contributed by atoms with E-state index in [9.17, 15) is 4.79 Å². The van der Waals surface area contributed by atoms with Gasteiger partial charge in [-0.15, -0.1) is 0 Å². The molecule has 0 unspecified atom stereocenters. The van der Waals surface area contributed by atoms with Crippen LogP contribution in [0.5, 0.6) is 5.88 Å². The van der Waals surface area contributed by atoms with E-state index in [0.29, 0.717) is 23.0 Å². The van der Waals surface area contributed by atoms with Gasteiger partial charge < -0.3 is 14.6 Å². The number of aromatic nitrogens is 4. The minimum absolute atomic E-state index is 0.256. The topological polar surface area (TPSA) is 95.1 Å². The zero-order valence-electron chi connectivity index (χ0n) is 16.0. The summed E-state index contributed by atoms with van der Waals surface area (Å²) in [6.07, 6.45) is 3.22. The van der Waals surface area contributed by atoms with Gasteiger partial charge in [0.05, 0.1) is 11.1 Å². The van der Waals surface area contributed by atoms with Gasteiger partial charge in [-0.2, -0.15) is 5.10 Å². The first-order chi connectivity index (χ1) is 14.1.